The van der Waals surface area contributed by atoms with E-state index in [0.29, 0.717) is 0 Å². The van der Waals surface area contributed by atoms with Gasteiger partial charge >= 0.3 is 0 Å². The van der Waals surface area contributed by atoms with Crippen LogP contribution in [0.2, 0.25) is 0 Å². The van der Waals surface area contributed by atoms with Gasteiger partial charge < -0.3 is 9.64 Å². The van der Waals surface area contributed by atoms with Crippen LogP contribution in [0.25, 0.3) is 0 Å². The van der Waals surface area contributed by atoms with E-state index < -0.39 is 0 Å². The van der Waals surface area contributed by atoms with Crippen LogP contribution >= 0.6 is 0 Å². The van der Waals surface area contributed by atoms with Gasteiger partial charge in [-0.1, -0.05) is 6.42 Å². The van der Waals surface area contributed by atoms with Gasteiger partial charge in [0.05, 0.1) is 18.9 Å². The summed E-state index contributed by atoms with van der Waals surface area (Å²) in [5.74, 6) is 0.863. The molecule has 0 aromatic carbocycles. The molecule has 0 N–H and O–H groups in total. The van der Waals surface area contributed by atoms with Gasteiger partial charge in [0.1, 0.15) is 0 Å². The molecule has 23 heavy (non-hydrogen) atoms. The number of nitrogens with zero attached hydrogens (tertiary/aromatic N) is 5. The highest BCUT2D eigenvalue weighted by molar-refractivity contribution is 5.30. The zero-order chi connectivity index (χ0) is 15.5. The average molecular weight is 317 g/mol. The van der Waals surface area contributed by atoms with E-state index in [0.717, 1.165) is 57.1 Å². The topological polar surface area (TPSA) is 44.7 Å². The number of anilines is 1. The summed E-state index contributed by atoms with van der Waals surface area (Å²) < 4.78 is 5.41. The molecule has 4 heterocycles. The van der Waals surface area contributed by atoms with Crippen LogP contribution in [0.5, 0.6) is 0 Å². The Morgan fingerprint density at radius 2 is 2.00 bits per heavy atom. The van der Waals surface area contributed by atoms with Crippen molar-refractivity contribution in [2.45, 2.75) is 31.8 Å². The molecular weight excluding hydrogens is 290 g/mol. The van der Waals surface area contributed by atoms with E-state index in [4.69, 9.17) is 9.72 Å². The zero-order valence-corrected chi connectivity index (χ0v) is 13.9. The SMILES string of the molecule is c1cc(CN2CCN3CCCCC3C2)nc(N2CCOCC2)n1. The van der Waals surface area contributed by atoms with E-state index >= 15 is 0 Å². The summed E-state index contributed by atoms with van der Waals surface area (Å²) in [6.45, 7) is 9.15. The molecule has 1 aromatic heterocycles. The lowest BCUT2D eigenvalue weighted by molar-refractivity contribution is 0.0451. The van der Waals surface area contributed by atoms with Crippen molar-refractivity contribution in [2.24, 2.45) is 0 Å². The fourth-order valence-electron chi connectivity index (χ4n) is 3.98. The Morgan fingerprint density at radius 1 is 1.09 bits per heavy atom. The van der Waals surface area contributed by atoms with Gasteiger partial charge in [-0.25, -0.2) is 9.97 Å². The quantitative estimate of drug-likeness (QED) is 0.828. The summed E-state index contributed by atoms with van der Waals surface area (Å²) in [7, 11) is 0. The average Bonchev–Trinajstić information content (AvgIpc) is 2.63. The highest BCUT2D eigenvalue weighted by Crippen LogP contribution is 2.22. The molecule has 0 bridgehead atoms. The Balaban J connectivity index is 1.38. The molecule has 6 nitrogen and oxygen atoms in total. The number of morpholine rings is 1. The van der Waals surface area contributed by atoms with Gasteiger partial charge in [0.25, 0.3) is 0 Å². The normalized spacial score (nSPS) is 27.0. The molecule has 0 amide bonds. The fourth-order valence-corrected chi connectivity index (χ4v) is 3.98. The number of hydrogen-bond acceptors (Lipinski definition) is 6. The van der Waals surface area contributed by atoms with Crippen molar-refractivity contribution >= 4 is 5.95 Å². The summed E-state index contributed by atoms with van der Waals surface area (Å²) in [6.07, 6.45) is 6.04. The molecule has 0 radical (unpaired) electrons. The molecule has 3 saturated heterocycles. The number of rotatable bonds is 3. The minimum Gasteiger partial charge on any atom is -0.378 e. The molecular formula is C17H27N5O. The number of piperazine rings is 1. The molecule has 4 rings (SSSR count). The second kappa shape index (κ2) is 7.11. The third-order valence-electron chi connectivity index (χ3n) is 5.30. The largest absolute Gasteiger partial charge is 0.378 e. The first kappa shape index (κ1) is 15.3. The lowest BCUT2D eigenvalue weighted by atomic mass is 9.99. The molecule has 126 valence electrons. The van der Waals surface area contributed by atoms with Crippen molar-refractivity contribution < 1.29 is 4.74 Å². The lowest BCUT2D eigenvalue weighted by Crippen LogP contribution is -2.54. The predicted molar refractivity (Wildman–Crippen MR) is 89.6 cm³/mol. The number of fused-ring (bicyclic) bond motifs is 1. The van der Waals surface area contributed by atoms with E-state index in [2.05, 4.69) is 25.8 Å². The Kier molecular flexibility index (Phi) is 4.73. The first-order valence-corrected chi connectivity index (χ1v) is 8.99. The fraction of sp³-hybridized carbons (Fsp3) is 0.765. The highest BCUT2D eigenvalue weighted by atomic mass is 16.5. The number of aromatic nitrogens is 2. The summed E-state index contributed by atoms with van der Waals surface area (Å²) in [6, 6.07) is 2.83. The Labute approximate surface area is 138 Å². The van der Waals surface area contributed by atoms with Gasteiger partial charge in [0, 0.05) is 51.5 Å². The molecule has 0 saturated carbocycles. The monoisotopic (exact) mass is 317 g/mol. The summed E-state index contributed by atoms with van der Waals surface area (Å²) in [5, 5.41) is 0. The maximum Gasteiger partial charge on any atom is 0.225 e. The van der Waals surface area contributed by atoms with Gasteiger partial charge in [-0.15, -0.1) is 0 Å². The number of hydrogen-bond donors (Lipinski definition) is 0. The van der Waals surface area contributed by atoms with Crippen molar-refractivity contribution in [2.75, 3.05) is 57.4 Å². The molecule has 3 fully saturated rings. The van der Waals surface area contributed by atoms with E-state index in [1.165, 1.54) is 38.9 Å². The minimum atomic E-state index is 0.762. The predicted octanol–water partition coefficient (Wildman–Crippen LogP) is 0.983. The van der Waals surface area contributed by atoms with Gasteiger partial charge in [-0.05, 0) is 25.5 Å². The minimum absolute atomic E-state index is 0.762. The van der Waals surface area contributed by atoms with E-state index in [9.17, 15) is 0 Å². The van der Waals surface area contributed by atoms with Crippen molar-refractivity contribution in [3.8, 4) is 0 Å². The molecule has 6 heteroatoms. The first-order valence-electron chi connectivity index (χ1n) is 8.99. The molecule has 0 aliphatic carbocycles. The number of ether oxygens (including phenoxy) is 1. The van der Waals surface area contributed by atoms with Crippen LogP contribution in [0.1, 0.15) is 25.0 Å². The maximum atomic E-state index is 5.41. The molecule has 1 atom stereocenters. The van der Waals surface area contributed by atoms with Crippen LogP contribution < -0.4 is 4.90 Å². The summed E-state index contributed by atoms with van der Waals surface area (Å²) in [4.78, 5) is 16.7. The maximum absolute atomic E-state index is 5.41. The van der Waals surface area contributed by atoms with Crippen LogP contribution in [0.15, 0.2) is 12.3 Å². The van der Waals surface area contributed by atoms with Crippen LogP contribution in [0.4, 0.5) is 5.95 Å². The third-order valence-corrected chi connectivity index (χ3v) is 5.30. The smallest absolute Gasteiger partial charge is 0.225 e. The Bertz CT molecular complexity index is 519. The van der Waals surface area contributed by atoms with Crippen LogP contribution in [0.3, 0.4) is 0 Å². The number of piperidine rings is 1. The highest BCUT2D eigenvalue weighted by Gasteiger charge is 2.29. The van der Waals surface area contributed by atoms with E-state index in [-0.39, 0.29) is 0 Å². The van der Waals surface area contributed by atoms with Crippen LogP contribution in [-0.2, 0) is 11.3 Å². The first-order chi connectivity index (χ1) is 11.4. The molecule has 0 spiro atoms. The standard InChI is InChI=1S/C17H27N5O/c1-2-6-21-8-7-20(14-16(21)3-1)13-15-4-5-18-17(19-15)22-9-11-23-12-10-22/h4-5,16H,1-3,6-14H2. The van der Waals surface area contributed by atoms with Crippen LogP contribution in [0, 0.1) is 0 Å². The lowest BCUT2D eigenvalue weighted by Gasteiger charge is -2.44. The van der Waals surface area contributed by atoms with Crippen molar-refractivity contribution in [3.05, 3.63) is 18.0 Å². The van der Waals surface area contributed by atoms with E-state index in [1.807, 2.05) is 6.20 Å². The zero-order valence-electron chi connectivity index (χ0n) is 13.9. The second-order valence-corrected chi connectivity index (χ2v) is 6.87. The molecule has 1 unspecified atom stereocenters. The van der Waals surface area contributed by atoms with Crippen LogP contribution in [-0.4, -0.2) is 78.3 Å². The second-order valence-electron chi connectivity index (χ2n) is 6.87. The molecule has 3 aliphatic rings. The summed E-state index contributed by atoms with van der Waals surface area (Å²) in [5.41, 5.74) is 1.14. The Hall–Kier alpha value is -1.24. The molecule has 1 aromatic rings. The van der Waals surface area contributed by atoms with Crippen molar-refractivity contribution in [1.82, 2.24) is 19.8 Å². The van der Waals surface area contributed by atoms with Gasteiger partial charge in [-0.2, -0.15) is 0 Å². The van der Waals surface area contributed by atoms with Gasteiger partial charge in [0.2, 0.25) is 5.95 Å². The van der Waals surface area contributed by atoms with Gasteiger partial charge in [0.15, 0.2) is 0 Å². The Morgan fingerprint density at radius 3 is 2.91 bits per heavy atom. The summed E-state index contributed by atoms with van der Waals surface area (Å²) >= 11 is 0. The van der Waals surface area contributed by atoms with Gasteiger partial charge in [-0.3, -0.25) is 9.80 Å². The third kappa shape index (κ3) is 3.65. The van der Waals surface area contributed by atoms with Crippen molar-refractivity contribution in [3.63, 3.8) is 0 Å². The van der Waals surface area contributed by atoms with Crippen molar-refractivity contribution in [1.29, 1.82) is 0 Å². The van der Waals surface area contributed by atoms with E-state index in [1.54, 1.807) is 0 Å². The molecule has 3 aliphatic heterocycles.